The van der Waals surface area contributed by atoms with Crippen LogP contribution in [0.1, 0.15) is 25.6 Å². The Bertz CT molecular complexity index is 235. The summed E-state index contributed by atoms with van der Waals surface area (Å²) in [7, 11) is 0. The highest BCUT2D eigenvalue weighted by molar-refractivity contribution is 5.07. The summed E-state index contributed by atoms with van der Waals surface area (Å²) in [6, 6.07) is 6.52. The molecular weight excluding hydrogens is 162 g/mol. The van der Waals surface area contributed by atoms with Crippen LogP contribution in [0.25, 0.3) is 0 Å². The molecule has 0 radical (unpaired) electrons. The van der Waals surface area contributed by atoms with E-state index in [-0.39, 0.29) is 6.04 Å². The SMILES string of the molecule is CC(CN)N[C@@H](C)c1ccccn1. The van der Waals surface area contributed by atoms with Gasteiger partial charge in [-0.3, -0.25) is 4.98 Å². The molecule has 1 aromatic rings. The summed E-state index contributed by atoms with van der Waals surface area (Å²) >= 11 is 0. The maximum atomic E-state index is 5.52. The molecule has 0 amide bonds. The van der Waals surface area contributed by atoms with E-state index in [9.17, 15) is 0 Å². The van der Waals surface area contributed by atoms with Crippen molar-refractivity contribution in [1.29, 1.82) is 0 Å². The van der Waals surface area contributed by atoms with Crippen LogP contribution in [-0.2, 0) is 0 Å². The van der Waals surface area contributed by atoms with Gasteiger partial charge in [-0.2, -0.15) is 0 Å². The van der Waals surface area contributed by atoms with Crippen molar-refractivity contribution in [2.45, 2.75) is 25.9 Å². The maximum Gasteiger partial charge on any atom is 0.0570 e. The lowest BCUT2D eigenvalue weighted by molar-refractivity contribution is 0.478. The van der Waals surface area contributed by atoms with Crippen LogP contribution in [0.3, 0.4) is 0 Å². The smallest absolute Gasteiger partial charge is 0.0570 e. The molecule has 0 aromatic carbocycles. The van der Waals surface area contributed by atoms with Gasteiger partial charge in [0.15, 0.2) is 0 Å². The number of hydrogen-bond donors (Lipinski definition) is 2. The molecule has 0 spiro atoms. The fraction of sp³-hybridized carbons (Fsp3) is 0.500. The number of pyridine rings is 1. The van der Waals surface area contributed by atoms with Gasteiger partial charge in [0.2, 0.25) is 0 Å². The second kappa shape index (κ2) is 4.94. The van der Waals surface area contributed by atoms with Crippen LogP contribution in [0.5, 0.6) is 0 Å². The zero-order valence-corrected chi connectivity index (χ0v) is 8.20. The van der Waals surface area contributed by atoms with Gasteiger partial charge in [0, 0.05) is 24.8 Å². The zero-order valence-electron chi connectivity index (χ0n) is 8.20. The Hall–Kier alpha value is -0.930. The average Bonchev–Trinajstić information content (AvgIpc) is 2.19. The Balaban J connectivity index is 2.53. The van der Waals surface area contributed by atoms with Crippen LogP contribution in [0, 0.1) is 0 Å². The van der Waals surface area contributed by atoms with Crippen LogP contribution in [0.15, 0.2) is 24.4 Å². The molecule has 1 aromatic heterocycles. The second-order valence-electron chi connectivity index (χ2n) is 3.28. The molecule has 3 N–H and O–H groups in total. The second-order valence-corrected chi connectivity index (χ2v) is 3.28. The molecule has 0 aliphatic carbocycles. The van der Waals surface area contributed by atoms with Crippen LogP contribution in [0.4, 0.5) is 0 Å². The van der Waals surface area contributed by atoms with E-state index in [0.29, 0.717) is 12.6 Å². The summed E-state index contributed by atoms with van der Waals surface area (Å²) in [4.78, 5) is 4.26. The van der Waals surface area contributed by atoms with Crippen molar-refractivity contribution in [1.82, 2.24) is 10.3 Å². The monoisotopic (exact) mass is 179 g/mol. The van der Waals surface area contributed by atoms with Crippen molar-refractivity contribution in [2.75, 3.05) is 6.54 Å². The Morgan fingerprint density at radius 1 is 1.46 bits per heavy atom. The molecule has 2 atom stereocenters. The topological polar surface area (TPSA) is 50.9 Å². The van der Waals surface area contributed by atoms with Crippen molar-refractivity contribution in [2.24, 2.45) is 5.73 Å². The van der Waals surface area contributed by atoms with Crippen molar-refractivity contribution < 1.29 is 0 Å². The Morgan fingerprint density at radius 2 is 2.23 bits per heavy atom. The fourth-order valence-corrected chi connectivity index (χ4v) is 1.21. The number of nitrogens with two attached hydrogens (primary N) is 1. The molecule has 0 aliphatic heterocycles. The molecule has 0 bridgehead atoms. The lowest BCUT2D eigenvalue weighted by Crippen LogP contribution is -2.35. The van der Waals surface area contributed by atoms with E-state index in [1.807, 2.05) is 18.2 Å². The molecule has 0 aliphatic rings. The first-order valence-electron chi connectivity index (χ1n) is 4.61. The molecule has 3 nitrogen and oxygen atoms in total. The minimum Gasteiger partial charge on any atom is -0.329 e. The lowest BCUT2D eigenvalue weighted by Gasteiger charge is -2.17. The molecule has 0 fully saturated rings. The number of nitrogens with zero attached hydrogens (tertiary/aromatic N) is 1. The van der Waals surface area contributed by atoms with Gasteiger partial charge in [-0.1, -0.05) is 6.07 Å². The average molecular weight is 179 g/mol. The number of aromatic nitrogens is 1. The van der Waals surface area contributed by atoms with Gasteiger partial charge in [0.05, 0.1) is 5.69 Å². The molecular formula is C10H17N3. The summed E-state index contributed by atoms with van der Waals surface area (Å²) in [5, 5.41) is 3.36. The predicted molar refractivity (Wildman–Crippen MR) is 54.3 cm³/mol. The van der Waals surface area contributed by atoms with Crippen LogP contribution in [0.2, 0.25) is 0 Å². The first-order chi connectivity index (χ1) is 6.24. The summed E-state index contributed by atoms with van der Waals surface area (Å²) in [5.41, 5.74) is 6.57. The molecule has 0 saturated carbocycles. The van der Waals surface area contributed by atoms with E-state index in [1.165, 1.54) is 0 Å². The van der Waals surface area contributed by atoms with Gasteiger partial charge in [-0.15, -0.1) is 0 Å². The van der Waals surface area contributed by atoms with Crippen LogP contribution >= 0.6 is 0 Å². The first kappa shape index (κ1) is 10.2. The van der Waals surface area contributed by atoms with Gasteiger partial charge < -0.3 is 11.1 Å². The van der Waals surface area contributed by atoms with E-state index in [0.717, 1.165) is 5.69 Å². The molecule has 1 rings (SSSR count). The molecule has 3 heteroatoms. The van der Waals surface area contributed by atoms with E-state index in [4.69, 9.17) is 5.73 Å². The summed E-state index contributed by atoms with van der Waals surface area (Å²) in [5.74, 6) is 0. The highest BCUT2D eigenvalue weighted by atomic mass is 15.0. The minimum absolute atomic E-state index is 0.264. The van der Waals surface area contributed by atoms with Gasteiger partial charge in [0.1, 0.15) is 0 Å². The minimum atomic E-state index is 0.264. The normalized spacial score (nSPS) is 15.3. The van der Waals surface area contributed by atoms with Gasteiger partial charge in [-0.05, 0) is 26.0 Å². The van der Waals surface area contributed by atoms with Crippen molar-refractivity contribution >= 4 is 0 Å². The summed E-state index contributed by atoms with van der Waals surface area (Å²) in [6.07, 6.45) is 1.81. The lowest BCUT2D eigenvalue weighted by atomic mass is 10.2. The van der Waals surface area contributed by atoms with Gasteiger partial charge >= 0.3 is 0 Å². The molecule has 13 heavy (non-hydrogen) atoms. The van der Waals surface area contributed by atoms with E-state index >= 15 is 0 Å². The summed E-state index contributed by atoms with van der Waals surface area (Å²) < 4.78 is 0. The predicted octanol–water partition coefficient (Wildman–Crippen LogP) is 1.08. The molecule has 0 saturated heterocycles. The Kier molecular flexibility index (Phi) is 3.86. The molecule has 72 valence electrons. The number of hydrogen-bond acceptors (Lipinski definition) is 3. The fourth-order valence-electron chi connectivity index (χ4n) is 1.21. The third kappa shape index (κ3) is 3.13. The largest absolute Gasteiger partial charge is 0.329 e. The van der Waals surface area contributed by atoms with Crippen molar-refractivity contribution in [3.05, 3.63) is 30.1 Å². The molecule has 1 unspecified atom stereocenters. The molecule has 1 heterocycles. The van der Waals surface area contributed by atoms with E-state index in [2.05, 4.69) is 24.1 Å². The van der Waals surface area contributed by atoms with Crippen LogP contribution in [-0.4, -0.2) is 17.6 Å². The van der Waals surface area contributed by atoms with E-state index < -0.39 is 0 Å². The quantitative estimate of drug-likeness (QED) is 0.727. The van der Waals surface area contributed by atoms with Gasteiger partial charge in [-0.25, -0.2) is 0 Å². The van der Waals surface area contributed by atoms with E-state index in [1.54, 1.807) is 6.20 Å². The Labute approximate surface area is 79.4 Å². The highest BCUT2D eigenvalue weighted by Gasteiger charge is 2.07. The van der Waals surface area contributed by atoms with Crippen LogP contribution < -0.4 is 11.1 Å². The van der Waals surface area contributed by atoms with Gasteiger partial charge in [0.25, 0.3) is 0 Å². The van der Waals surface area contributed by atoms with Crippen molar-refractivity contribution in [3.63, 3.8) is 0 Å². The van der Waals surface area contributed by atoms with Crippen molar-refractivity contribution in [3.8, 4) is 0 Å². The highest BCUT2D eigenvalue weighted by Crippen LogP contribution is 2.08. The third-order valence-corrected chi connectivity index (χ3v) is 2.02. The summed E-state index contributed by atoms with van der Waals surface area (Å²) in [6.45, 7) is 4.81. The zero-order chi connectivity index (χ0) is 9.68. The Morgan fingerprint density at radius 3 is 2.77 bits per heavy atom. The standard InChI is InChI=1S/C10H17N3/c1-8(7-11)13-9(2)10-5-3-4-6-12-10/h3-6,8-9,13H,7,11H2,1-2H3/t8?,9-/m0/s1. The third-order valence-electron chi connectivity index (χ3n) is 2.02. The number of nitrogens with one attached hydrogen (secondary N) is 1. The number of rotatable bonds is 4. The first-order valence-corrected chi connectivity index (χ1v) is 4.61. The maximum absolute atomic E-state index is 5.52.